The Kier molecular flexibility index (Phi) is 5.05. The molecule has 1 aliphatic heterocycles. The second-order valence-electron chi connectivity index (χ2n) is 5.23. The maximum Gasteiger partial charge on any atom is 0.368 e. The lowest BCUT2D eigenvalue weighted by atomic mass is 10.0. The summed E-state index contributed by atoms with van der Waals surface area (Å²) in [7, 11) is 1.58. The minimum Gasteiger partial charge on any atom is -0.493 e. The summed E-state index contributed by atoms with van der Waals surface area (Å²) in [5.74, 6) is 0.735. The number of hydrogen-bond donors (Lipinski definition) is 0. The molecule has 0 fully saturated rings. The van der Waals surface area contributed by atoms with E-state index >= 15 is 0 Å². The van der Waals surface area contributed by atoms with Crippen LogP contribution in [0, 0.1) is 0 Å². The smallest absolute Gasteiger partial charge is 0.368 e. The van der Waals surface area contributed by atoms with Crippen molar-refractivity contribution in [2.24, 2.45) is 5.16 Å². The van der Waals surface area contributed by atoms with Gasteiger partial charge in [0.1, 0.15) is 5.71 Å². The highest BCUT2D eigenvalue weighted by atomic mass is 35.5. The van der Waals surface area contributed by atoms with Crippen LogP contribution in [0.2, 0.25) is 5.02 Å². The summed E-state index contributed by atoms with van der Waals surface area (Å²) in [6, 6.07) is 12.5. The molecule has 0 saturated heterocycles. The molecule has 6 heteroatoms. The second kappa shape index (κ2) is 7.40. The Morgan fingerprint density at radius 3 is 2.60 bits per heavy atom. The first-order valence-electron chi connectivity index (χ1n) is 7.70. The fourth-order valence-electron chi connectivity index (χ4n) is 2.44. The Hall–Kier alpha value is -2.79. The van der Waals surface area contributed by atoms with Gasteiger partial charge >= 0.3 is 5.97 Å². The minimum atomic E-state index is -0.501. The predicted molar refractivity (Wildman–Crippen MR) is 96.2 cm³/mol. The molecule has 0 spiro atoms. The first-order chi connectivity index (χ1) is 12.1. The Bertz CT molecular complexity index is 856. The number of carbonyl (C=O) groups is 1. The second-order valence-corrected chi connectivity index (χ2v) is 5.66. The molecule has 3 rings (SSSR count). The summed E-state index contributed by atoms with van der Waals surface area (Å²) in [5, 5.41) is 4.49. The molecule has 25 heavy (non-hydrogen) atoms. The first kappa shape index (κ1) is 17.0. The number of methoxy groups -OCH3 is 1. The number of oxime groups is 1. The molecule has 1 aliphatic rings. The first-order valence-corrected chi connectivity index (χ1v) is 8.08. The van der Waals surface area contributed by atoms with E-state index in [1.807, 2.05) is 13.0 Å². The SMILES string of the molecule is CCOc1cc(/C=C2/C(=O)ON=C2c2ccc(Cl)cc2)ccc1OC. The third kappa shape index (κ3) is 3.67. The third-order valence-electron chi connectivity index (χ3n) is 3.61. The normalized spacial score (nSPS) is 15.1. The predicted octanol–water partition coefficient (Wildman–Crippen LogP) is 4.09. The fourth-order valence-corrected chi connectivity index (χ4v) is 2.57. The molecule has 128 valence electrons. The summed E-state index contributed by atoms with van der Waals surface area (Å²) in [4.78, 5) is 16.9. The zero-order chi connectivity index (χ0) is 17.8. The lowest BCUT2D eigenvalue weighted by Crippen LogP contribution is -2.06. The quantitative estimate of drug-likeness (QED) is 0.597. The van der Waals surface area contributed by atoms with Crippen molar-refractivity contribution in [2.75, 3.05) is 13.7 Å². The number of carbonyl (C=O) groups excluding carboxylic acids is 1. The highest BCUT2D eigenvalue weighted by Crippen LogP contribution is 2.30. The Morgan fingerprint density at radius 2 is 1.92 bits per heavy atom. The number of nitrogens with zero attached hydrogens (tertiary/aromatic N) is 1. The van der Waals surface area contributed by atoms with Gasteiger partial charge in [-0.3, -0.25) is 0 Å². The number of ether oxygens (including phenoxy) is 2. The van der Waals surface area contributed by atoms with Gasteiger partial charge in [-0.25, -0.2) is 4.79 Å². The van der Waals surface area contributed by atoms with Gasteiger partial charge in [0.2, 0.25) is 0 Å². The van der Waals surface area contributed by atoms with Crippen molar-refractivity contribution in [2.45, 2.75) is 6.92 Å². The molecule has 0 radical (unpaired) electrons. The summed E-state index contributed by atoms with van der Waals surface area (Å²) >= 11 is 5.91. The van der Waals surface area contributed by atoms with Crippen molar-refractivity contribution < 1.29 is 19.1 Å². The minimum absolute atomic E-state index is 0.370. The highest BCUT2D eigenvalue weighted by Gasteiger charge is 2.26. The van der Waals surface area contributed by atoms with Crippen molar-refractivity contribution in [3.8, 4) is 11.5 Å². The molecule has 0 bridgehead atoms. The van der Waals surface area contributed by atoms with Gasteiger partial charge in [-0.15, -0.1) is 0 Å². The van der Waals surface area contributed by atoms with Crippen LogP contribution >= 0.6 is 11.6 Å². The average molecular weight is 358 g/mol. The molecule has 5 nitrogen and oxygen atoms in total. The van der Waals surface area contributed by atoms with Gasteiger partial charge in [-0.2, -0.15) is 0 Å². The Balaban J connectivity index is 1.98. The number of halogens is 1. The van der Waals surface area contributed by atoms with Gasteiger partial charge in [0.05, 0.1) is 19.3 Å². The molecule has 2 aromatic rings. The fraction of sp³-hybridized carbons (Fsp3) is 0.158. The van der Waals surface area contributed by atoms with Crippen molar-refractivity contribution in [1.82, 2.24) is 0 Å². The lowest BCUT2D eigenvalue weighted by Gasteiger charge is -2.10. The third-order valence-corrected chi connectivity index (χ3v) is 3.86. The van der Waals surface area contributed by atoms with Crippen LogP contribution in [0.3, 0.4) is 0 Å². The maximum absolute atomic E-state index is 12.1. The van der Waals surface area contributed by atoms with E-state index in [4.69, 9.17) is 25.9 Å². The topological polar surface area (TPSA) is 57.1 Å². The monoisotopic (exact) mass is 357 g/mol. The van der Waals surface area contributed by atoms with E-state index in [1.165, 1.54) is 0 Å². The number of rotatable bonds is 5. The van der Waals surface area contributed by atoms with Crippen molar-refractivity contribution in [1.29, 1.82) is 0 Å². The molecule has 0 aliphatic carbocycles. The van der Waals surface area contributed by atoms with Gasteiger partial charge in [0.15, 0.2) is 11.5 Å². The van der Waals surface area contributed by atoms with Gasteiger partial charge in [0, 0.05) is 10.6 Å². The van der Waals surface area contributed by atoms with E-state index in [9.17, 15) is 4.79 Å². The molecule has 0 unspecified atom stereocenters. The summed E-state index contributed by atoms with van der Waals surface area (Å²) < 4.78 is 10.8. The van der Waals surface area contributed by atoms with Gasteiger partial charge in [-0.05, 0) is 42.8 Å². The zero-order valence-corrected chi connectivity index (χ0v) is 14.5. The van der Waals surface area contributed by atoms with Crippen LogP contribution in [-0.2, 0) is 9.63 Å². The lowest BCUT2D eigenvalue weighted by molar-refractivity contribution is -0.136. The number of benzene rings is 2. The number of hydrogen-bond acceptors (Lipinski definition) is 5. The maximum atomic E-state index is 12.1. The van der Waals surface area contributed by atoms with E-state index in [1.54, 1.807) is 49.6 Å². The van der Waals surface area contributed by atoms with Crippen LogP contribution < -0.4 is 9.47 Å². The summed E-state index contributed by atoms with van der Waals surface area (Å²) in [6.45, 7) is 2.40. The van der Waals surface area contributed by atoms with E-state index in [0.717, 1.165) is 11.1 Å². The van der Waals surface area contributed by atoms with Crippen molar-refractivity contribution >= 4 is 29.4 Å². The van der Waals surface area contributed by atoms with Crippen LogP contribution in [0.4, 0.5) is 0 Å². The molecule has 0 saturated carbocycles. The van der Waals surface area contributed by atoms with E-state index in [2.05, 4.69) is 5.16 Å². The van der Waals surface area contributed by atoms with Crippen LogP contribution in [0.25, 0.3) is 6.08 Å². The largest absolute Gasteiger partial charge is 0.493 e. The van der Waals surface area contributed by atoms with Crippen LogP contribution in [-0.4, -0.2) is 25.4 Å². The van der Waals surface area contributed by atoms with Crippen molar-refractivity contribution in [3.63, 3.8) is 0 Å². The van der Waals surface area contributed by atoms with Gasteiger partial charge < -0.3 is 14.3 Å². The molecule has 0 N–H and O–H groups in total. The molecular weight excluding hydrogens is 342 g/mol. The van der Waals surface area contributed by atoms with E-state index < -0.39 is 5.97 Å². The van der Waals surface area contributed by atoms with Crippen LogP contribution in [0.1, 0.15) is 18.1 Å². The Labute approximate surface area is 150 Å². The van der Waals surface area contributed by atoms with Crippen LogP contribution in [0.15, 0.2) is 53.2 Å². The molecule has 0 amide bonds. The molecule has 1 heterocycles. The van der Waals surface area contributed by atoms with Gasteiger partial charge in [-0.1, -0.05) is 35.0 Å². The Morgan fingerprint density at radius 1 is 1.16 bits per heavy atom. The molecule has 0 aromatic heterocycles. The highest BCUT2D eigenvalue weighted by molar-refractivity contribution is 6.32. The summed E-state index contributed by atoms with van der Waals surface area (Å²) in [6.07, 6.45) is 1.71. The van der Waals surface area contributed by atoms with Crippen molar-refractivity contribution in [3.05, 3.63) is 64.2 Å². The summed E-state index contributed by atoms with van der Waals surface area (Å²) in [5.41, 5.74) is 2.37. The molecule has 0 atom stereocenters. The molecule has 2 aromatic carbocycles. The molecular formula is C19H16ClNO4. The van der Waals surface area contributed by atoms with Gasteiger partial charge in [0.25, 0.3) is 0 Å². The average Bonchev–Trinajstić information content (AvgIpc) is 2.97. The zero-order valence-electron chi connectivity index (χ0n) is 13.8. The van der Waals surface area contributed by atoms with Crippen LogP contribution in [0.5, 0.6) is 11.5 Å². The van der Waals surface area contributed by atoms with E-state index in [-0.39, 0.29) is 0 Å². The standard InChI is InChI=1S/C19H16ClNO4/c1-3-24-17-11-12(4-9-16(17)23-2)10-15-18(21-25-19(15)22)13-5-7-14(20)8-6-13/h4-11H,3H2,1-2H3/b15-10+. The van der Waals surface area contributed by atoms with E-state index in [0.29, 0.717) is 34.4 Å².